The van der Waals surface area contributed by atoms with Crippen LogP contribution in [0.4, 0.5) is 0 Å². The van der Waals surface area contributed by atoms with Crippen molar-refractivity contribution in [2.24, 2.45) is 4.99 Å². The van der Waals surface area contributed by atoms with Gasteiger partial charge in [0.15, 0.2) is 5.96 Å². The lowest BCUT2D eigenvalue weighted by Crippen LogP contribution is -2.38. The number of guanidine groups is 1. The number of nitrogens with one attached hydrogen (secondary N) is 2. The van der Waals surface area contributed by atoms with Gasteiger partial charge in [-0.15, -0.1) is 35.3 Å². The number of rotatable bonds is 6. The Morgan fingerprint density at radius 3 is 2.77 bits per heavy atom. The zero-order chi connectivity index (χ0) is 14.9. The quantitative estimate of drug-likeness (QED) is 0.420. The first-order valence-electron chi connectivity index (χ1n) is 7.11. The number of aromatic nitrogens is 2. The molecule has 0 atom stereocenters. The summed E-state index contributed by atoms with van der Waals surface area (Å²) in [6, 6.07) is 5.97. The topological polar surface area (TPSA) is 62.2 Å². The van der Waals surface area contributed by atoms with Gasteiger partial charge in [-0.2, -0.15) is 0 Å². The van der Waals surface area contributed by atoms with E-state index in [1.165, 1.54) is 4.88 Å². The van der Waals surface area contributed by atoms with Crippen LogP contribution in [0, 0.1) is 6.92 Å². The average molecular weight is 431 g/mol. The van der Waals surface area contributed by atoms with Crippen LogP contribution in [0.5, 0.6) is 0 Å². The van der Waals surface area contributed by atoms with Crippen LogP contribution in [0.3, 0.4) is 0 Å². The van der Waals surface area contributed by atoms with Crippen LogP contribution < -0.4 is 10.6 Å². The molecule has 2 rings (SSSR count). The van der Waals surface area contributed by atoms with Gasteiger partial charge in [-0.1, -0.05) is 6.07 Å². The lowest BCUT2D eigenvalue weighted by atomic mass is 10.3. The molecule has 22 heavy (non-hydrogen) atoms. The maximum atomic E-state index is 4.55. The Bertz CT molecular complexity index is 570. The van der Waals surface area contributed by atoms with E-state index in [4.69, 9.17) is 0 Å². The Hall–Kier alpha value is -1.22. The fourth-order valence-electron chi connectivity index (χ4n) is 1.82. The molecule has 0 spiro atoms. The summed E-state index contributed by atoms with van der Waals surface area (Å²) in [7, 11) is 0. The van der Waals surface area contributed by atoms with E-state index in [1.54, 1.807) is 11.3 Å². The molecule has 0 amide bonds. The van der Waals surface area contributed by atoms with Crippen molar-refractivity contribution in [2.45, 2.75) is 26.8 Å². The molecule has 0 saturated heterocycles. The smallest absolute Gasteiger partial charge is 0.191 e. The van der Waals surface area contributed by atoms with Crippen LogP contribution in [0.15, 0.2) is 35.6 Å². The summed E-state index contributed by atoms with van der Waals surface area (Å²) in [5.41, 5.74) is 1.08. The molecule has 2 N–H and O–H groups in total. The van der Waals surface area contributed by atoms with Crippen molar-refractivity contribution in [3.05, 3.63) is 46.2 Å². The Labute approximate surface area is 152 Å². The normalized spacial score (nSPS) is 10.9. The van der Waals surface area contributed by atoms with Crippen LogP contribution in [0.1, 0.15) is 22.5 Å². The summed E-state index contributed by atoms with van der Waals surface area (Å²) in [5, 5.41) is 7.60. The summed E-state index contributed by atoms with van der Waals surface area (Å²) >= 11 is 1.68. The number of hydrogen-bond donors (Lipinski definition) is 2. The molecule has 5 nitrogen and oxygen atoms in total. The highest BCUT2D eigenvalue weighted by molar-refractivity contribution is 14.0. The van der Waals surface area contributed by atoms with Crippen molar-refractivity contribution in [3.8, 4) is 0 Å². The molecular formula is C15H22IN5S. The van der Waals surface area contributed by atoms with Gasteiger partial charge in [-0.25, -0.2) is 9.98 Å². The molecule has 0 aliphatic heterocycles. The van der Waals surface area contributed by atoms with Gasteiger partial charge in [0.2, 0.25) is 0 Å². The molecule has 2 aromatic rings. The number of aliphatic imine (C=N–C) groups is 1. The molecule has 0 radical (unpaired) electrons. The first kappa shape index (κ1) is 18.8. The van der Waals surface area contributed by atoms with E-state index in [9.17, 15) is 0 Å². The largest absolute Gasteiger partial charge is 0.357 e. The minimum absolute atomic E-state index is 0. The Morgan fingerprint density at radius 1 is 1.27 bits per heavy atom. The van der Waals surface area contributed by atoms with Gasteiger partial charge < -0.3 is 10.6 Å². The highest BCUT2D eigenvalue weighted by atomic mass is 127. The highest BCUT2D eigenvalue weighted by Crippen LogP contribution is 2.11. The van der Waals surface area contributed by atoms with Gasteiger partial charge >= 0.3 is 0 Å². The molecular weight excluding hydrogens is 409 g/mol. The predicted octanol–water partition coefficient (Wildman–Crippen LogP) is 2.76. The third-order valence-electron chi connectivity index (χ3n) is 2.79. The van der Waals surface area contributed by atoms with Crippen LogP contribution in [-0.4, -0.2) is 29.0 Å². The second-order valence-corrected chi connectivity index (χ2v) is 5.88. The van der Waals surface area contributed by atoms with Gasteiger partial charge in [-0.05, 0) is 26.0 Å². The Kier molecular flexibility index (Phi) is 8.98. The lowest BCUT2D eigenvalue weighted by Gasteiger charge is -2.10. The van der Waals surface area contributed by atoms with E-state index in [0.29, 0.717) is 6.54 Å². The molecule has 2 aromatic heterocycles. The Balaban J connectivity index is 0.00000242. The number of thiazole rings is 1. The van der Waals surface area contributed by atoms with E-state index in [-0.39, 0.29) is 24.0 Å². The molecule has 0 fully saturated rings. The maximum Gasteiger partial charge on any atom is 0.191 e. The van der Waals surface area contributed by atoms with Crippen LogP contribution in [-0.2, 0) is 13.0 Å². The molecule has 2 heterocycles. The minimum atomic E-state index is 0. The summed E-state index contributed by atoms with van der Waals surface area (Å²) in [5.74, 6) is 0.821. The van der Waals surface area contributed by atoms with Crippen LogP contribution in [0.2, 0.25) is 0 Å². The number of hydrogen-bond acceptors (Lipinski definition) is 4. The van der Waals surface area contributed by atoms with E-state index >= 15 is 0 Å². The molecule has 0 aliphatic rings. The highest BCUT2D eigenvalue weighted by Gasteiger charge is 2.01. The van der Waals surface area contributed by atoms with Crippen molar-refractivity contribution < 1.29 is 0 Å². The molecule has 0 aliphatic carbocycles. The van der Waals surface area contributed by atoms with Crippen LogP contribution in [0.25, 0.3) is 0 Å². The van der Waals surface area contributed by atoms with Gasteiger partial charge in [0.1, 0.15) is 5.01 Å². The van der Waals surface area contributed by atoms with Crippen molar-refractivity contribution in [2.75, 3.05) is 13.1 Å². The van der Waals surface area contributed by atoms with Gasteiger partial charge in [0.05, 0.1) is 6.54 Å². The standard InChI is InChI=1S/C15H21N5S.HI/c1-3-16-15(20-11-14-19-10-12(2)21-14)18-9-7-13-6-4-5-8-17-13;/h4-6,8,10H,3,7,9,11H2,1-2H3,(H2,16,18,20);1H. The third kappa shape index (κ3) is 6.69. The summed E-state index contributed by atoms with van der Waals surface area (Å²) in [6.07, 6.45) is 4.58. The zero-order valence-electron chi connectivity index (χ0n) is 12.9. The fraction of sp³-hybridized carbons (Fsp3) is 0.400. The first-order chi connectivity index (χ1) is 10.3. The summed E-state index contributed by atoms with van der Waals surface area (Å²) in [4.78, 5) is 14.4. The molecule has 0 bridgehead atoms. The fourth-order valence-corrected chi connectivity index (χ4v) is 2.53. The monoisotopic (exact) mass is 431 g/mol. The van der Waals surface area contributed by atoms with E-state index in [2.05, 4.69) is 39.4 Å². The predicted molar refractivity (Wildman–Crippen MR) is 103 cm³/mol. The lowest BCUT2D eigenvalue weighted by molar-refractivity contribution is 0.787. The Morgan fingerprint density at radius 2 is 2.14 bits per heavy atom. The number of pyridine rings is 1. The van der Waals surface area contributed by atoms with Crippen molar-refractivity contribution >= 4 is 41.3 Å². The van der Waals surface area contributed by atoms with Crippen molar-refractivity contribution in [3.63, 3.8) is 0 Å². The third-order valence-corrected chi connectivity index (χ3v) is 3.68. The molecule has 0 saturated carbocycles. The molecule has 0 aromatic carbocycles. The molecule has 0 unspecified atom stereocenters. The number of aryl methyl sites for hydroxylation is 1. The van der Waals surface area contributed by atoms with E-state index in [1.807, 2.05) is 30.6 Å². The SMILES string of the molecule is CCNC(=NCc1ncc(C)s1)NCCc1ccccn1.I. The van der Waals surface area contributed by atoms with Crippen molar-refractivity contribution in [1.82, 2.24) is 20.6 Å². The summed E-state index contributed by atoms with van der Waals surface area (Å²) < 4.78 is 0. The van der Waals surface area contributed by atoms with Gasteiger partial charge in [-0.3, -0.25) is 4.98 Å². The average Bonchev–Trinajstić information content (AvgIpc) is 2.91. The number of nitrogens with zero attached hydrogens (tertiary/aromatic N) is 3. The zero-order valence-corrected chi connectivity index (χ0v) is 16.0. The van der Waals surface area contributed by atoms with Crippen molar-refractivity contribution in [1.29, 1.82) is 0 Å². The minimum Gasteiger partial charge on any atom is -0.357 e. The van der Waals surface area contributed by atoms with Gasteiger partial charge in [0, 0.05) is 42.5 Å². The summed E-state index contributed by atoms with van der Waals surface area (Å²) in [6.45, 7) is 6.37. The van der Waals surface area contributed by atoms with E-state index in [0.717, 1.165) is 36.2 Å². The first-order valence-corrected chi connectivity index (χ1v) is 7.93. The number of halogens is 1. The van der Waals surface area contributed by atoms with Gasteiger partial charge in [0.25, 0.3) is 0 Å². The maximum absolute atomic E-state index is 4.55. The molecule has 120 valence electrons. The second-order valence-electron chi connectivity index (χ2n) is 4.56. The van der Waals surface area contributed by atoms with E-state index < -0.39 is 0 Å². The molecule has 7 heteroatoms. The van der Waals surface area contributed by atoms with Crippen LogP contribution >= 0.6 is 35.3 Å². The second kappa shape index (κ2) is 10.5.